The molecule has 34 heavy (non-hydrogen) atoms. The molecule has 0 spiro atoms. The number of aromatic nitrogens is 3. The van der Waals surface area contributed by atoms with Gasteiger partial charge in [0.05, 0.1) is 22.9 Å². The number of hydrogen-bond acceptors (Lipinski definition) is 7. The molecule has 1 atom stereocenters. The summed E-state index contributed by atoms with van der Waals surface area (Å²) in [5, 5.41) is 21.2. The van der Waals surface area contributed by atoms with Crippen LogP contribution in [-0.4, -0.2) is 67.6 Å². The number of phenols is 1. The number of nitrogens with one attached hydrogen (secondary N) is 2. The summed E-state index contributed by atoms with van der Waals surface area (Å²) in [6, 6.07) is 10.5. The van der Waals surface area contributed by atoms with Gasteiger partial charge in [0.2, 0.25) is 0 Å². The third kappa shape index (κ3) is 4.11. The zero-order valence-electron chi connectivity index (χ0n) is 18.3. The number of phenolic OH excluding ortho intramolecular Hbond substituents is 1. The Bertz CT molecular complexity index is 1400. The quantitative estimate of drug-likeness (QED) is 0.314. The Morgan fingerprint density at radius 1 is 1.21 bits per heavy atom. The number of anilines is 2. The van der Waals surface area contributed by atoms with Gasteiger partial charge >= 0.3 is 0 Å². The lowest BCUT2D eigenvalue weighted by Crippen LogP contribution is -2.50. The second-order valence-corrected chi connectivity index (χ2v) is 9.29. The Kier molecular flexibility index (Phi) is 5.94. The van der Waals surface area contributed by atoms with Crippen molar-refractivity contribution in [1.29, 1.82) is 0 Å². The van der Waals surface area contributed by atoms with Crippen LogP contribution in [0.4, 0.5) is 11.5 Å². The molecule has 4 aromatic rings. The largest absolute Gasteiger partial charge is 0.504 e. The molecule has 2 aromatic carbocycles. The minimum atomic E-state index is -1.50. The summed E-state index contributed by atoms with van der Waals surface area (Å²) in [5.74, 6) is 1.29. The molecule has 1 fully saturated rings. The number of piperazine rings is 1. The van der Waals surface area contributed by atoms with Crippen molar-refractivity contribution in [3.8, 4) is 11.5 Å². The lowest BCUT2D eigenvalue weighted by molar-refractivity contribution is 0.374. The molecule has 1 saturated heterocycles. The van der Waals surface area contributed by atoms with Crippen molar-refractivity contribution in [2.45, 2.75) is 4.90 Å². The van der Waals surface area contributed by atoms with Crippen LogP contribution in [0.25, 0.3) is 21.9 Å². The maximum Gasteiger partial charge on any atom is 0.173 e. The molecular formula is C22H23N7O3S2. The van der Waals surface area contributed by atoms with Gasteiger partial charge in [-0.25, -0.2) is 19.3 Å². The maximum atomic E-state index is 11.4. The summed E-state index contributed by atoms with van der Waals surface area (Å²) in [4.78, 5) is 17.1. The van der Waals surface area contributed by atoms with Gasteiger partial charge in [-0.05, 0) is 42.5 Å². The highest BCUT2D eigenvalue weighted by atomic mass is 32.2. The molecule has 12 heteroatoms. The molecule has 5 rings (SSSR count). The van der Waals surface area contributed by atoms with E-state index in [1.54, 1.807) is 30.6 Å². The van der Waals surface area contributed by atoms with Gasteiger partial charge in [-0.3, -0.25) is 0 Å². The molecule has 5 N–H and O–H groups in total. The number of H-pyrrole nitrogens is 1. The minimum absolute atomic E-state index is 0.0663. The molecule has 0 aliphatic carbocycles. The van der Waals surface area contributed by atoms with Crippen LogP contribution in [0.15, 0.2) is 47.6 Å². The summed E-state index contributed by atoms with van der Waals surface area (Å²) >= 11 is 5.61. The number of nitrogens with two attached hydrogens (primary N) is 1. The molecule has 1 aliphatic rings. The van der Waals surface area contributed by atoms with Crippen molar-refractivity contribution in [1.82, 2.24) is 19.9 Å². The number of hydrogen-bond donors (Lipinski definition) is 4. The van der Waals surface area contributed by atoms with Crippen molar-refractivity contribution in [3.63, 3.8) is 0 Å². The standard InChI is InChI=1S/C22H23N7O3S2/c1-32-18-10-15-16(11-17(18)30)27-20-19(15)21(25-12-24-20)28-6-8-29(9-7-28)22(33)26-13-2-4-14(5-3-13)34(23)31/h2-5,10-12,30H,6-9,23H2,1H3,(H,26,33)(H,24,25,27). The van der Waals surface area contributed by atoms with Gasteiger partial charge in [-0.1, -0.05) is 0 Å². The summed E-state index contributed by atoms with van der Waals surface area (Å²) < 4.78 is 16.7. The number of benzene rings is 2. The van der Waals surface area contributed by atoms with Gasteiger partial charge in [-0.15, -0.1) is 0 Å². The van der Waals surface area contributed by atoms with Crippen molar-refractivity contribution in [2.24, 2.45) is 5.14 Å². The lowest BCUT2D eigenvalue weighted by atomic mass is 10.1. The normalized spacial score (nSPS) is 15.0. The fraction of sp³-hybridized carbons (Fsp3) is 0.227. The van der Waals surface area contributed by atoms with E-state index in [1.165, 1.54) is 7.11 Å². The Hall–Kier alpha value is -3.48. The van der Waals surface area contributed by atoms with Crippen LogP contribution in [0, 0.1) is 0 Å². The third-order valence-corrected chi connectivity index (χ3v) is 6.97. The lowest BCUT2D eigenvalue weighted by Gasteiger charge is -2.37. The first-order valence-corrected chi connectivity index (χ1v) is 12.2. The van der Waals surface area contributed by atoms with E-state index in [4.69, 9.17) is 22.1 Å². The Morgan fingerprint density at radius 3 is 2.62 bits per heavy atom. The molecule has 1 aliphatic heterocycles. The number of rotatable bonds is 4. The van der Waals surface area contributed by atoms with Crippen molar-refractivity contribution in [3.05, 3.63) is 42.7 Å². The molecule has 0 amide bonds. The predicted octanol–water partition coefficient (Wildman–Crippen LogP) is 2.33. The number of fused-ring (bicyclic) bond motifs is 3. The topological polar surface area (TPSA) is 133 Å². The van der Waals surface area contributed by atoms with Crippen LogP contribution in [0.3, 0.4) is 0 Å². The molecule has 0 saturated carbocycles. The smallest absolute Gasteiger partial charge is 0.173 e. The van der Waals surface area contributed by atoms with Gasteiger partial charge in [0.15, 0.2) is 16.6 Å². The summed E-state index contributed by atoms with van der Waals surface area (Å²) in [7, 11) is 0.0201. The first-order chi connectivity index (χ1) is 16.4. The van der Waals surface area contributed by atoms with E-state index in [0.717, 1.165) is 40.9 Å². The summed E-state index contributed by atoms with van der Waals surface area (Å²) in [5.41, 5.74) is 2.29. The number of aromatic amines is 1. The summed E-state index contributed by atoms with van der Waals surface area (Å²) in [6.07, 6.45) is 1.54. The number of nitrogens with zero attached hydrogens (tertiary/aromatic N) is 4. The number of thiocarbonyl (C=S) groups is 1. The first kappa shape index (κ1) is 22.3. The second-order valence-electron chi connectivity index (χ2n) is 7.84. The number of ether oxygens (including phenoxy) is 1. The van der Waals surface area contributed by atoms with Crippen molar-refractivity contribution in [2.75, 3.05) is 43.5 Å². The van der Waals surface area contributed by atoms with E-state index in [0.29, 0.717) is 34.5 Å². The van der Waals surface area contributed by atoms with Gasteiger partial charge in [0, 0.05) is 43.3 Å². The van der Waals surface area contributed by atoms with E-state index in [2.05, 4.69) is 30.1 Å². The van der Waals surface area contributed by atoms with E-state index in [-0.39, 0.29) is 5.75 Å². The Morgan fingerprint density at radius 2 is 1.94 bits per heavy atom. The van der Waals surface area contributed by atoms with Crippen LogP contribution in [-0.2, 0) is 11.0 Å². The fourth-order valence-electron chi connectivity index (χ4n) is 4.12. The van der Waals surface area contributed by atoms with Gasteiger partial charge < -0.3 is 29.9 Å². The van der Waals surface area contributed by atoms with E-state index < -0.39 is 11.0 Å². The predicted molar refractivity (Wildman–Crippen MR) is 137 cm³/mol. The molecular weight excluding hydrogens is 474 g/mol. The van der Waals surface area contributed by atoms with Crippen LogP contribution in [0.1, 0.15) is 0 Å². The molecule has 1 unspecified atom stereocenters. The van der Waals surface area contributed by atoms with Crippen LogP contribution >= 0.6 is 12.2 Å². The molecule has 3 heterocycles. The van der Waals surface area contributed by atoms with E-state index in [9.17, 15) is 9.32 Å². The molecule has 0 radical (unpaired) electrons. The average molecular weight is 498 g/mol. The number of aromatic hydroxyl groups is 1. The second kappa shape index (κ2) is 9.05. The third-order valence-electron chi connectivity index (χ3n) is 5.87. The molecule has 10 nitrogen and oxygen atoms in total. The van der Waals surface area contributed by atoms with E-state index in [1.807, 2.05) is 12.1 Å². The SMILES string of the molecule is COc1cc2c(cc1O)[nH]c1ncnc(N3CCN(C(=S)Nc4ccc(S(N)=O)cc4)CC3)c12. The molecule has 176 valence electrons. The highest BCUT2D eigenvalue weighted by Crippen LogP contribution is 2.37. The average Bonchev–Trinajstić information content (AvgIpc) is 3.21. The van der Waals surface area contributed by atoms with Crippen molar-refractivity contribution >= 4 is 61.8 Å². The monoisotopic (exact) mass is 497 g/mol. The zero-order chi connectivity index (χ0) is 23.8. The zero-order valence-corrected chi connectivity index (χ0v) is 19.9. The van der Waals surface area contributed by atoms with Crippen LogP contribution < -0.4 is 20.1 Å². The van der Waals surface area contributed by atoms with Gasteiger partial charge in [0.1, 0.15) is 28.8 Å². The van der Waals surface area contributed by atoms with Crippen molar-refractivity contribution < 1.29 is 14.1 Å². The highest BCUT2D eigenvalue weighted by Gasteiger charge is 2.23. The summed E-state index contributed by atoms with van der Waals surface area (Å²) in [6.45, 7) is 2.88. The van der Waals surface area contributed by atoms with Gasteiger partial charge in [-0.2, -0.15) is 0 Å². The highest BCUT2D eigenvalue weighted by molar-refractivity contribution is 7.82. The first-order valence-electron chi connectivity index (χ1n) is 10.5. The Labute approximate surface area is 203 Å². The van der Waals surface area contributed by atoms with Gasteiger partial charge in [0.25, 0.3) is 0 Å². The Balaban J connectivity index is 1.33. The minimum Gasteiger partial charge on any atom is -0.504 e. The van der Waals surface area contributed by atoms with Crippen LogP contribution in [0.5, 0.6) is 11.5 Å². The maximum absolute atomic E-state index is 11.4. The van der Waals surface area contributed by atoms with E-state index >= 15 is 0 Å². The number of methoxy groups -OCH3 is 1. The molecule has 0 bridgehead atoms. The molecule has 2 aromatic heterocycles. The fourth-order valence-corrected chi connectivity index (χ4v) is 4.83. The van der Waals surface area contributed by atoms with Crippen LogP contribution in [0.2, 0.25) is 0 Å².